The molecule has 0 aliphatic carbocycles. The van der Waals surface area contributed by atoms with E-state index in [1.165, 1.54) is 6.08 Å². The molecule has 0 spiro atoms. The van der Waals surface area contributed by atoms with Crippen LogP contribution in [0, 0.1) is 0 Å². The molecule has 1 aliphatic rings. The van der Waals surface area contributed by atoms with Crippen LogP contribution >= 0.6 is 0 Å². The third-order valence-corrected chi connectivity index (χ3v) is 2.02. The summed E-state index contributed by atoms with van der Waals surface area (Å²) in [5.74, 6) is 0. The average Bonchev–Trinajstić information content (AvgIpc) is 1.86. The lowest BCUT2D eigenvalue weighted by atomic mass is 10.6. The normalized spacial score (nSPS) is 23.2. The summed E-state index contributed by atoms with van der Waals surface area (Å²) in [6, 6.07) is 0. The van der Waals surface area contributed by atoms with Crippen LogP contribution < -0.4 is 0 Å². The van der Waals surface area contributed by atoms with Crippen LogP contribution in [0.4, 0.5) is 0 Å². The number of hydrogen-bond acceptors (Lipinski definition) is 3. The lowest BCUT2D eigenvalue weighted by Crippen LogP contribution is -1.93. The van der Waals surface area contributed by atoms with E-state index in [9.17, 15) is 8.42 Å². The quantitative estimate of drug-likeness (QED) is 0.516. The van der Waals surface area contributed by atoms with E-state index in [-0.39, 0.29) is 0 Å². The Bertz CT molecular complexity index is 244. The second-order valence-corrected chi connectivity index (χ2v) is 3.16. The molecule has 0 fully saturated rings. The minimum absolute atomic E-state index is 0.572. The Morgan fingerprint density at radius 1 is 1.50 bits per heavy atom. The molecule has 0 aromatic rings. The van der Waals surface area contributed by atoms with Crippen LogP contribution in [0.1, 0.15) is 0 Å². The van der Waals surface area contributed by atoms with E-state index in [2.05, 4.69) is 0 Å². The summed E-state index contributed by atoms with van der Waals surface area (Å²) in [7, 11) is -3.39. The first-order chi connectivity index (χ1) is 3.63. The number of sulfone groups is 1. The Hall–Kier alpha value is -0.770. The lowest BCUT2D eigenvalue weighted by molar-refractivity contribution is 0.442. The van der Waals surface area contributed by atoms with Gasteiger partial charge < -0.3 is 5.11 Å². The predicted molar refractivity (Wildman–Crippen MR) is 28.8 cm³/mol. The molecular formula is C4H4O3S. The molecule has 0 unspecified atom stereocenters. The maximum absolute atomic E-state index is 10.4. The molecule has 4 heteroatoms. The van der Waals surface area contributed by atoms with Gasteiger partial charge in [0.2, 0.25) is 14.9 Å². The first-order valence-electron chi connectivity index (χ1n) is 1.95. The van der Waals surface area contributed by atoms with E-state index in [1.54, 1.807) is 0 Å². The lowest BCUT2D eigenvalue weighted by Gasteiger charge is -1.85. The van der Waals surface area contributed by atoms with Gasteiger partial charge in [0.1, 0.15) is 0 Å². The molecule has 0 amide bonds. The smallest absolute Gasteiger partial charge is 0.232 e. The van der Waals surface area contributed by atoms with Crippen LogP contribution in [-0.4, -0.2) is 13.5 Å². The molecular weight excluding hydrogens is 128 g/mol. The van der Waals surface area contributed by atoms with Gasteiger partial charge in [-0.3, -0.25) is 0 Å². The van der Waals surface area contributed by atoms with Crippen molar-refractivity contribution in [3.05, 3.63) is 22.7 Å². The van der Waals surface area contributed by atoms with Gasteiger partial charge in [0, 0.05) is 5.41 Å². The first-order valence-corrected chi connectivity index (χ1v) is 3.50. The molecule has 0 saturated carbocycles. The van der Waals surface area contributed by atoms with Crippen molar-refractivity contribution in [1.29, 1.82) is 0 Å². The second kappa shape index (κ2) is 1.35. The fourth-order valence-electron chi connectivity index (χ4n) is 0.390. The van der Waals surface area contributed by atoms with Gasteiger partial charge >= 0.3 is 0 Å². The number of hydrogen-bond donors (Lipinski definition) is 1. The van der Waals surface area contributed by atoms with E-state index >= 15 is 0 Å². The summed E-state index contributed by atoms with van der Waals surface area (Å²) in [6.07, 6.45) is 2.42. The van der Waals surface area contributed by atoms with Gasteiger partial charge in [-0.05, 0) is 12.2 Å². The monoisotopic (exact) mass is 132 g/mol. The van der Waals surface area contributed by atoms with Crippen LogP contribution in [0.25, 0.3) is 0 Å². The van der Waals surface area contributed by atoms with Crippen molar-refractivity contribution in [3.8, 4) is 0 Å². The predicted octanol–water partition coefficient (Wildman–Crippen LogP) is 0.328. The molecule has 0 aromatic carbocycles. The molecule has 1 aliphatic heterocycles. The van der Waals surface area contributed by atoms with E-state index < -0.39 is 14.9 Å². The summed E-state index contributed by atoms with van der Waals surface area (Å²) in [4.78, 5) is 0. The Kier molecular flexibility index (Phi) is 0.907. The molecule has 3 nitrogen and oxygen atoms in total. The number of rotatable bonds is 0. The molecule has 1 heterocycles. The average molecular weight is 132 g/mol. The fraction of sp³-hybridized carbons (Fsp3) is 0. The zero-order valence-electron chi connectivity index (χ0n) is 3.90. The van der Waals surface area contributed by atoms with Crippen molar-refractivity contribution in [2.45, 2.75) is 0 Å². The topological polar surface area (TPSA) is 54.4 Å². The zero-order valence-corrected chi connectivity index (χ0v) is 4.72. The summed E-state index contributed by atoms with van der Waals surface area (Å²) < 4.78 is 20.7. The molecule has 0 atom stereocenters. The van der Waals surface area contributed by atoms with Crippen molar-refractivity contribution in [1.82, 2.24) is 0 Å². The molecule has 0 aromatic heterocycles. The van der Waals surface area contributed by atoms with Gasteiger partial charge in [0.25, 0.3) is 0 Å². The van der Waals surface area contributed by atoms with Crippen LogP contribution in [0.15, 0.2) is 22.7 Å². The van der Waals surface area contributed by atoms with Gasteiger partial charge in [0.05, 0.1) is 0 Å². The van der Waals surface area contributed by atoms with Gasteiger partial charge in [-0.1, -0.05) is 0 Å². The van der Waals surface area contributed by atoms with E-state index in [4.69, 9.17) is 5.11 Å². The Labute approximate surface area is 46.9 Å². The van der Waals surface area contributed by atoms with Crippen molar-refractivity contribution in [3.63, 3.8) is 0 Å². The number of aliphatic hydroxyl groups excluding tert-OH is 1. The van der Waals surface area contributed by atoms with Crippen molar-refractivity contribution in [2.24, 2.45) is 0 Å². The van der Waals surface area contributed by atoms with Gasteiger partial charge in [0.15, 0.2) is 0 Å². The Morgan fingerprint density at radius 2 is 2.12 bits per heavy atom. The van der Waals surface area contributed by atoms with Gasteiger partial charge in [-0.2, -0.15) is 0 Å². The molecule has 1 rings (SSSR count). The molecule has 44 valence electrons. The molecule has 1 N–H and O–H groups in total. The van der Waals surface area contributed by atoms with Crippen molar-refractivity contribution >= 4 is 9.84 Å². The zero-order chi connectivity index (χ0) is 6.20. The molecule has 0 radical (unpaired) electrons. The highest BCUT2D eigenvalue weighted by atomic mass is 32.2. The Morgan fingerprint density at radius 3 is 2.25 bits per heavy atom. The van der Waals surface area contributed by atoms with Gasteiger partial charge in [-0.15, -0.1) is 0 Å². The van der Waals surface area contributed by atoms with Crippen LogP contribution in [0.2, 0.25) is 0 Å². The summed E-state index contributed by atoms with van der Waals surface area (Å²) in [5, 5.41) is 8.84. The maximum atomic E-state index is 10.4. The van der Waals surface area contributed by atoms with E-state index in [1.807, 2.05) is 0 Å². The van der Waals surface area contributed by atoms with Crippen LogP contribution in [0.5, 0.6) is 0 Å². The van der Waals surface area contributed by atoms with Gasteiger partial charge in [-0.25, -0.2) is 8.42 Å². The SMILES string of the molecule is O=S1(=O)C=CC=C1O. The highest BCUT2D eigenvalue weighted by Gasteiger charge is 2.14. The highest BCUT2D eigenvalue weighted by molar-refractivity contribution is 7.98. The second-order valence-electron chi connectivity index (χ2n) is 1.38. The highest BCUT2D eigenvalue weighted by Crippen LogP contribution is 2.11. The molecule has 0 bridgehead atoms. The van der Waals surface area contributed by atoms with Crippen LogP contribution in [-0.2, 0) is 9.84 Å². The fourth-order valence-corrected chi connectivity index (χ4v) is 1.08. The number of aliphatic hydroxyl groups is 1. The maximum Gasteiger partial charge on any atom is 0.232 e. The van der Waals surface area contributed by atoms with Crippen molar-refractivity contribution in [2.75, 3.05) is 0 Å². The first kappa shape index (κ1) is 5.37. The Balaban J connectivity index is 3.26. The molecule has 8 heavy (non-hydrogen) atoms. The third-order valence-electron chi connectivity index (χ3n) is 0.788. The summed E-state index contributed by atoms with van der Waals surface area (Å²) >= 11 is 0. The van der Waals surface area contributed by atoms with E-state index in [0.717, 1.165) is 11.5 Å². The standard InChI is InChI=1S/C4H4O3S/c5-4-2-1-3-8(4,6)7/h1-3,5H. The summed E-state index contributed by atoms with van der Waals surface area (Å²) in [6.45, 7) is 0. The largest absolute Gasteiger partial charge is 0.498 e. The minimum atomic E-state index is -3.39. The summed E-state index contributed by atoms with van der Waals surface area (Å²) in [5.41, 5.74) is 0. The molecule has 0 saturated heterocycles. The van der Waals surface area contributed by atoms with Crippen molar-refractivity contribution < 1.29 is 13.5 Å². The van der Waals surface area contributed by atoms with Crippen LogP contribution in [0.3, 0.4) is 0 Å². The third kappa shape index (κ3) is 0.626. The number of allylic oxidation sites excluding steroid dienone is 2. The van der Waals surface area contributed by atoms with E-state index in [0.29, 0.717) is 0 Å². The minimum Gasteiger partial charge on any atom is -0.498 e.